The summed E-state index contributed by atoms with van der Waals surface area (Å²) in [5, 5.41) is 3.73. The highest BCUT2D eigenvalue weighted by molar-refractivity contribution is 6.30. The molecule has 1 unspecified atom stereocenters. The van der Waals surface area contributed by atoms with Crippen molar-refractivity contribution in [2.24, 2.45) is 5.92 Å². The maximum atomic E-state index is 12.6. The van der Waals surface area contributed by atoms with Crippen molar-refractivity contribution in [2.45, 2.75) is 25.8 Å². The van der Waals surface area contributed by atoms with Gasteiger partial charge in [-0.05, 0) is 49.1 Å². The van der Waals surface area contributed by atoms with Gasteiger partial charge in [-0.2, -0.15) is 0 Å². The molecule has 1 aliphatic rings. The Morgan fingerprint density at radius 3 is 2.50 bits per heavy atom. The zero-order valence-electron chi connectivity index (χ0n) is 16.0. The first-order chi connectivity index (χ1) is 13.5. The van der Waals surface area contributed by atoms with Crippen LogP contribution < -0.4 is 5.32 Å². The lowest BCUT2D eigenvalue weighted by Crippen LogP contribution is -2.43. The Bertz CT molecular complexity index is 843. The first-order valence-corrected chi connectivity index (χ1v) is 9.98. The summed E-state index contributed by atoms with van der Waals surface area (Å²) in [6.07, 6.45) is 4.79. The quantitative estimate of drug-likeness (QED) is 0.758. The van der Waals surface area contributed by atoms with Crippen molar-refractivity contribution in [1.82, 2.24) is 10.2 Å². The zero-order valence-corrected chi connectivity index (χ0v) is 16.7. The van der Waals surface area contributed by atoms with Crippen LogP contribution in [0.3, 0.4) is 0 Å². The highest BCUT2D eigenvalue weighted by atomic mass is 35.5. The largest absolute Gasteiger partial charge is 0.349 e. The molecule has 0 saturated carbocycles. The topological polar surface area (TPSA) is 49.4 Å². The monoisotopic (exact) mass is 396 g/mol. The number of carbonyl (C=O) groups excluding carboxylic acids is 2. The lowest BCUT2D eigenvalue weighted by Gasteiger charge is -2.31. The summed E-state index contributed by atoms with van der Waals surface area (Å²) < 4.78 is 0. The van der Waals surface area contributed by atoms with Gasteiger partial charge in [0.05, 0.1) is 6.04 Å². The molecule has 1 fully saturated rings. The van der Waals surface area contributed by atoms with Crippen LogP contribution in [0.2, 0.25) is 5.02 Å². The molecule has 1 N–H and O–H groups in total. The Labute approximate surface area is 171 Å². The van der Waals surface area contributed by atoms with Crippen molar-refractivity contribution in [3.8, 4) is 0 Å². The number of piperidine rings is 1. The third kappa shape index (κ3) is 5.46. The van der Waals surface area contributed by atoms with E-state index in [1.165, 1.54) is 0 Å². The number of hydrogen-bond acceptors (Lipinski definition) is 2. The second kappa shape index (κ2) is 9.56. The fraction of sp³-hybridized carbons (Fsp3) is 0.304. The second-order valence-electron chi connectivity index (χ2n) is 7.13. The maximum Gasteiger partial charge on any atom is 0.246 e. The van der Waals surface area contributed by atoms with Crippen LogP contribution in [0.5, 0.6) is 0 Å². The minimum atomic E-state index is -0.0975. The fourth-order valence-electron chi connectivity index (χ4n) is 3.39. The van der Waals surface area contributed by atoms with E-state index in [1.54, 1.807) is 6.08 Å². The number of hydrogen-bond donors (Lipinski definition) is 1. The van der Waals surface area contributed by atoms with Crippen molar-refractivity contribution in [1.29, 1.82) is 0 Å². The Kier molecular flexibility index (Phi) is 6.88. The SMILES string of the molecule is CC(NC(=O)C1CCN(C(=O)C=Cc2ccccc2)CC1)c1cccc(Cl)c1. The molecule has 28 heavy (non-hydrogen) atoms. The van der Waals surface area contributed by atoms with Gasteiger partial charge in [0.15, 0.2) is 0 Å². The lowest BCUT2D eigenvalue weighted by atomic mass is 9.95. The van der Waals surface area contributed by atoms with Crippen LogP contribution in [0.1, 0.15) is 36.9 Å². The summed E-state index contributed by atoms with van der Waals surface area (Å²) in [5.74, 6) is -0.0294. The van der Waals surface area contributed by atoms with Crippen LogP contribution in [0.15, 0.2) is 60.7 Å². The van der Waals surface area contributed by atoms with Crippen LogP contribution in [-0.2, 0) is 9.59 Å². The van der Waals surface area contributed by atoms with Crippen LogP contribution in [0.4, 0.5) is 0 Å². The molecule has 2 aromatic rings. The third-order valence-electron chi connectivity index (χ3n) is 5.10. The average Bonchev–Trinajstić information content (AvgIpc) is 2.73. The number of carbonyl (C=O) groups is 2. The molecule has 5 heteroatoms. The number of rotatable bonds is 5. The van der Waals surface area contributed by atoms with Gasteiger partial charge in [-0.15, -0.1) is 0 Å². The minimum Gasteiger partial charge on any atom is -0.349 e. The summed E-state index contributed by atoms with van der Waals surface area (Å²) in [5.41, 5.74) is 1.99. The second-order valence-corrected chi connectivity index (χ2v) is 7.57. The molecule has 4 nitrogen and oxygen atoms in total. The molecule has 1 aliphatic heterocycles. The van der Waals surface area contributed by atoms with Crippen molar-refractivity contribution in [3.05, 3.63) is 76.8 Å². The molecule has 1 saturated heterocycles. The zero-order chi connectivity index (χ0) is 19.9. The Hall–Kier alpha value is -2.59. The van der Waals surface area contributed by atoms with Gasteiger partial charge in [0.2, 0.25) is 11.8 Å². The molecule has 0 bridgehead atoms. The summed E-state index contributed by atoms with van der Waals surface area (Å²) >= 11 is 6.03. The van der Waals surface area contributed by atoms with E-state index in [1.807, 2.05) is 72.5 Å². The van der Waals surface area contributed by atoms with Gasteiger partial charge in [-0.1, -0.05) is 54.1 Å². The van der Waals surface area contributed by atoms with Crippen molar-refractivity contribution >= 4 is 29.5 Å². The van der Waals surface area contributed by atoms with Crippen LogP contribution in [-0.4, -0.2) is 29.8 Å². The van der Waals surface area contributed by atoms with Gasteiger partial charge in [-0.25, -0.2) is 0 Å². The van der Waals surface area contributed by atoms with Gasteiger partial charge in [0.25, 0.3) is 0 Å². The summed E-state index contributed by atoms with van der Waals surface area (Å²) in [7, 11) is 0. The molecule has 1 heterocycles. The maximum absolute atomic E-state index is 12.6. The van der Waals surface area contributed by atoms with E-state index in [0.717, 1.165) is 11.1 Å². The molecule has 1 atom stereocenters. The normalized spacial score (nSPS) is 16.1. The smallest absolute Gasteiger partial charge is 0.246 e. The van der Waals surface area contributed by atoms with E-state index in [9.17, 15) is 9.59 Å². The average molecular weight is 397 g/mol. The number of halogens is 1. The van der Waals surface area contributed by atoms with E-state index in [2.05, 4.69) is 5.32 Å². The molecule has 146 valence electrons. The van der Waals surface area contributed by atoms with Gasteiger partial charge >= 0.3 is 0 Å². The first kappa shape index (κ1) is 20.2. The highest BCUT2D eigenvalue weighted by Crippen LogP contribution is 2.21. The van der Waals surface area contributed by atoms with Gasteiger partial charge in [-0.3, -0.25) is 9.59 Å². The highest BCUT2D eigenvalue weighted by Gasteiger charge is 2.27. The number of amides is 2. The number of benzene rings is 2. The lowest BCUT2D eigenvalue weighted by molar-refractivity contribution is -0.132. The predicted molar refractivity (Wildman–Crippen MR) is 113 cm³/mol. The standard InChI is InChI=1S/C23H25ClN2O2/c1-17(20-8-5-9-21(24)16-20)25-23(28)19-12-14-26(15-13-19)22(27)11-10-18-6-3-2-4-7-18/h2-11,16-17,19H,12-15H2,1H3,(H,25,28). The van der Waals surface area contributed by atoms with Crippen molar-refractivity contribution in [3.63, 3.8) is 0 Å². The first-order valence-electron chi connectivity index (χ1n) is 9.61. The predicted octanol–water partition coefficient (Wildman–Crippen LogP) is 4.47. The van der Waals surface area contributed by atoms with E-state index < -0.39 is 0 Å². The Morgan fingerprint density at radius 2 is 1.82 bits per heavy atom. The number of likely N-dealkylation sites (tertiary alicyclic amines) is 1. The van der Waals surface area contributed by atoms with Gasteiger partial charge in [0, 0.05) is 30.1 Å². The summed E-state index contributed by atoms with van der Waals surface area (Å²) in [4.78, 5) is 26.8. The third-order valence-corrected chi connectivity index (χ3v) is 5.34. The summed E-state index contributed by atoms with van der Waals surface area (Å²) in [6.45, 7) is 3.15. The molecule has 2 aromatic carbocycles. The van der Waals surface area contributed by atoms with Gasteiger partial charge in [0.1, 0.15) is 0 Å². The number of nitrogens with one attached hydrogen (secondary N) is 1. The fourth-order valence-corrected chi connectivity index (χ4v) is 3.59. The van der Waals surface area contributed by atoms with E-state index >= 15 is 0 Å². The molecule has 2 amide bonds. The van der Waals surface area contributed by atoms with E-state index in [-0.39, 0.29) is 23.8 Å². The molecule has 0 aliphatic carbocycles. The molecule has 3 rings (SSSR count). The molecule has 0 aromatic heterocycles. The van der Waals surface area contributed by atoms with E-state index in [4.69, 9.17) is 11.6 Å². The molecule has 0 radical (unpaired) electrons. The number of nitrogens with zero attached hydrogens (tertiary/aromatic N) is 1. The van der Waals surface area contributed by atoms with Crippen molar-refractivity contribution < 1.29 is 9.59 Å². The minimum absolute atomic E-state index is 0.00462. The molecule has 0 spiro atoms. The van der Waals surface area contributed by atoms with Crippen molar-refractivity contribution in [2.75, 3.05) is 13.1 Å². The molecular formula is C23H25ClN2O2. The Morgan fingerprint density at radius 1 is 1.11 bits per heavy atom. The van der Waals surface area contributed by atoms with Crippen LogP contribution in [0.25, 0.3) is 6.08 Å². The van der Waals surface area contributed by atoms with Crippen LogP contribution >= 0.6 is 11.6 Å². The van der Waals surface area contributed by atoms with Crippen LogP contribution in [0, 0.1) is 5.92 Å². The van der Waals surface area contributed by atoms with Gasteiger partial charge < -0.3 is 10.2 Å². The van der Waals surface area contributed by atoms with E-state index in [0.29, 0.717) is 31.0 Å². The Balaban J connectivity index is 1.48. The molecular weight excluding hydrogens is 372 g/mol. The summed E-state index contributed by atoms with van der Waals surface area (Å²) in [6, 6.07) is 17.2.